The number of nitrogens with two attached hydrogens (primary N) is 3. The van der Waals surface area contributed by atoms with Crippen LogP contribution in [0.4, 0.5) is 48.2 Å². The number of anilines is 8. The number of nitrogens with zero attached hydrogens (tertiary/aromatic N) is 7. The fraction of sp³-hybridized carbons (Fsp3) is 0.143. The molecular formula is C70H65FN12O14S6. The number of carbonyl (C=O) groups excluding carboxylic acids is 3. The molecule has 532 valence electrons. The van der Waals surface area contributed by atoms with E-state index in [1.807, 2.05) is 46.2 Å². The zero-order valence-corrected chi connectivity index (χ0v) is 59.7. The second-order valence-corrected chi connectivity index (χ2v) is 30.1. The summed E-state index contributed by atoms with van der Waals surface area (Å²) >= 11 is 3.70. The van der Waals surface area contributed by atoms with E-state index in [0.29, 0.717) is 112 Å². The number of aromatic nitrogens is 3. The molecule has 0 unspecified atom stereocenters. The molecule has 14 rings (SSSR count). The van der Waals surface area contributed by atoms with E-state index < -0.39 is 53.6 Å². The second kappa shape index (κ2) is 32.5. The summed E-state index contributed by atoms with van der Waals surface area (Å²) in [6, 6.07) is 48.4. The van der Waals surface area contributed by atoms with E-state index in [9.17, 15) is 44.0 Å². The minimum absolute atomic E-state index is 0.0616. The predicted octanol–water partition coefficient (Wildman–Crippen LogP) is 11.0. The molecule has 3 aliphatic heterocycles. The first kappa shape index (κ1) is 72.9. The van der Waals surface area contributed by atoms with E-state index in [1.54, 1.807) is 140 Å². The quantitative estimate of drug-likeness (QED) is 0.0473. The van der Waals surface area contributed by atoms with Crippen LogP contribution < -0.4 is 69.3 Å². The van der Waals surface area contributed by atoms with Gasteiger partial charge in [-0.25, -0.2) is 53.2 Å². The van der Waals surface area contributed by atoms with Crippen molar-refractivity contribution >= 4 is 126 Å². The van der Waals surface area contributed by atoms with Crippen LogP contribution in [0.1, 0.15) is 42.2 Å². The van der Waals surface area contributed by atoms with Crippen molar-refractivity contribution in [3.05, 3.63) is 244 Å². The Bertz CT molecular complexity index is 5160. The average Bonchev–Trinajstić information content (AvgIpc) is 1.54. The number of rotatable bonds is 20. The number of sulfonamides is 3. The smallest absolute Gasteiger partial charge is 0.266 e. The minimum atomic E-state index is -4.00. The van der Waals surface area contributed by atoms with Crippen LogP contribution in [-0.4, -0.2) is 112 Å². The van der Waals surface area contributed by atoms with Gasteiger partial charge in [-0.3, -0.25) is 19.1 Å². The van der Waals surface area contributed by atoms with Crippen molar-refractivity contribution in [1.82, 2.24) is 15.0 Å². The Labute approximate surface area is 604 Å². The van der Waals surface area contributed by atoms with Gasteiger partial charge in [-0.1, -0.05) is 60.7 Å². The Balaban J connectivity index is 0.000000146. The van der Waals surface area contributed by atoms with Crippen LogP contribution in [0.25, 0.3) is 0 Å². The van der Waals surface area contributed by atoms with Gasteiger partial charge < -0.3 is 56.0 Å². The van der Waals surface area contributed by atoms with Crippen LogP contribution in [0, 0.1) is 5.82 Å². The Hall–Kier alpha value is -11.4. The first-order valence-corrected chi connectivity index (χ1v) is 38.1. The summed E-state index contributed by atoms with van der Waals surface area (Å²) in [5, 5.41) is 9.41. The molecule has 0 saturated carbocycles. The lowest BCUT2D eigenvalue weighted by Gasteiger charge is -2.32. The van der Waals surface area contributed by atoms with E-state index in [0.717, 1.165) is 16.8 Å². The first-order valence-electron chi connectivity index (χ1n) is 31.1. The number of halogens is 1. The van der Waals surface area contributed by atoms with Crippen LogP contribution in [-0.2, 0) is 43.2 Å². The highest BCUT2D eigenvalue weighted by Crippen LogP contribution is 2.43. The number of methoxy groups -OCH3 is 2. The topological polar surface area (TPSA) is 354 Å². The highest BCUT2D eigenvalue weighted by atomic mass is 32.2. The molecule has 8 N–H and O–H groups in total. The van der Waals surface area contributed by atoms with Gasteiger partial charge in [-0.15, -0.1) is 34.0 Å². The molecule has 0 saturated heterocycles. The maximum Gasteiger partial charge on any atom is 0.266 e. The van der Waals surface area contributed by atoms with Crippen LogP contribution in [0.15, 0.2) is 225 Å². The molecule has 3 aromatic heterocycles. The highest BCUT2D eigenvalue weighted by Gasteiger charge is 2.33. The molecule has 0 radical (unpaired) electrons. The van der Waals surface area contributed by atoms with Gasteiger partial charge in [0.05, 0.1) is 100 Å². The van der Waals surface area contributed by atoms with Gasteiger partial charge in [0, 0.05) is 59.5 Å². The molecule has 0 fully saturated rings. The van der Waals surface area contributed by atoms with Gasteiger partial charge in [0.1, 0.15) is 54.4 Å². The summed E-state index contributed by atoms with van der Waals surface area (Å²) < 4.78 is 125. The third kappa shape index (κ3) is 17.2. The molecule has 33 heteroatoms. The van der Waals surface area contributed by atoms with Crippen molar-refractivity contribution in [1.29, 1.82) is 0 Å². The number of hydrogen-bond donors (Lipinski definition) is 5. The van der Waals surface area contributed by atoms with Gasteiger partial charge >= 0.3 is 0 Å². The summed E-state index contributed by atoms with van der Waals surface area (Å²) in [6.07, 6.45) is 4.68. The Morgan fingerprint density at radius 1 is 0.515 bits per heavy atom. The van der Waals surface area contributed by atoms with Crippen molar-refractivity contribution in [2.24, 2.45) is 17.2 Å². The van der Waals surface area contributed by atoms with Crippen LogP contribution in [0.2, 0.25) is 0 Å². The molecule has 3 aliphatic rings. The van der Waals surface area contributed by atoms with Crippen LogP contribution in [0.3, 0.4) is 0 Å². The summed E-state index contributed by atoms with van der Waals surface area (Å²) in [5.74, 6) is 0.357. The number of ether oxygens (including phenoxy) is 5. The highest BCUT2D eigenvalue weighted by molar-refractivity contribution is 7.93. The normalized spacial score (nSPS) is 12.8. The molecule has 0 aliphatic carbocycles. The van der Waals surface area contributed by atoms with E-state index in [-0.39, 0.29) is 38.5 Å². The Morgan fingerprint density at radius 2 is 0.942 bits per heavy atom. The van der Waals surface area contributed by atoms with Crippen LogP contribution in [0.5, 0.6) is 28.7 Å². The monoisotopic (exact) mass is 1510 g/mol. The van der Waals surface area contributed by atoms with E-state index >= 15 is 0 Å². The van der Waals surface area contributed by atoms with Crippen molar-refractivity contribution in [3.63, 3.8) is 0 Å². The second-order valence-electron chi connectivity index (χ2n) is 22.1. The number of carbonyl (C=O) groups is 3. The summed E-state index contributed by atoms with van der Waals surface area (Å²) in [4.78, 5) is 50.7. The summed E-state index contributed by atoms with van der Waals surface area (Å²) in [6.45, 7) is 3.08. The number of thiazole rings is 3. The van der Waals surface area contributed by atoms with Crippen molar-refractivity contribution in [2.45, 2.75) is 27.8 Å². The lowest BCUT2D eigenvalue weighted by molar-refractivity contribution is 0.0989. The molecule has 8 aromatic carbocycles. The fourth-order valence-electron chi connectivity index (χ4n) is 10.7. The van der Waals surface area contributed by atoms with Gasteiger partial charge in [-0.2, -0.15) is 0 Å². The largest absolute Gasteiger partial charge is 0.497 e. The molecule has 11 aromatic rings. The van der Waals surface area contributed by atoms with Gasteiger partial charge in [-0.05, 0) is 108 Å². The third-order valence-electron chi connectivity index (χ3n) is 15.7. The molecule has 6 heterocycles. The van der Waals surface area contributed by atoms with Crippen molar-refractivity contribution in [2.75, 3.05) is 82.1 Å². The maximum atomic E-state index is 13.9. The van der Waals surface area contributed by atoms with E-state index in [2.05, 4.69) is 25.0 Å². The Kier molecular flexibility index (Phi) is 23.0. The fourth-order valence-corrected chi connectivity index (χ4v) is 17.1. The maximum absolute atomic E-state index is 13.9. The van der Waals surface area contributed by atoms with Gasteiger partial charge in [0.15, 0.2) is 15.4 Å². The van der Waals surface area contributed by atoms with Crippen molar-refractivity contribution < 1.29 is 67.7 Å². The molecular weight excluding hydrogens is 1440 g/mol. The zero-order chi connectivity index (χ0) is 72.8. The lowest BCUT2D eigenvalue weighted by atomic mass is 10.1. The Morgan fingerprint density at radius 3 is 1.39 bits per heavy atom. The van der Waals surface area contributed by atoms with Gasteiger partial charge in [0.25, 0.3) is 47.8 Å². The molecule has 0 spiro atoms. The molecule has 103 heavy (non-hydrogen) atoms. The molecule has 0 atom stereocenters. The summed E-state index contributed by atoms with van der Waals surface area (Å²) in [7, 11) is -8.45. The third-order valence-corrected chi connectivity index (χ3v) is 23.1. The predicted molar refractivity (Wildman–Crippen MR) is 393 cm³/mol. The standard InChI is InChI=1S/C26H24N4O5S2.C19H19N3O4S2.C18H16N4O4S2.C7H6FNO/c1-34-19-8-6-18(7-9-19)17-30(26-28-12-15-36-26)37(32,33)20-10-11-23-24(16-20)35-14-13-29(23)22-5-3-2-4-21(22)25(27)31;1-25-15-4-2-14(3-5-15)13-22(19-21-9-11-27-19)28(23,24)16-6-7-17-18(12-16)26-10-8-20-17;19-17(23)13-3-1-2-4-14(13)22-8-9-26-16-11-12(5-6-15(16)22)28(24,25)21-18-20-7-10-27-18;8-6-4-2-1-3-5(6)7(9)10/h2-12,15-16H,13-14,17H2,1H3,(H2,27,31);2-7,9,11-12,20H,8,10,13H2,1H3;1-7,10-11H,8-9H2,(H2,19,23)(H,20,21);1-4H,(H2,9,10). The number of benzene rings is 8. The first-order chi connectivity index (χ1) is 49.6. The number of para-hydroxylation sites is 2. The minimum Gasteiger partial charge on any atom is -0.497 e. The number of primary amides is 3. The molecule has 26 nitrogen and oxygen atoms in total. The number of amides is 3. The summed E-state index contributed by atoms with van der Waals surface area (Å²) in [5.41, 5.74) is 21.6. The molecule has 3 amide bonds. The van der Waals surface area contributed by atoms with Crippen LogP contribution >= 0.6 is 34.0 Å². The van der Waals surface area contributed by atoms with Crippen molar-refractivity contribution in [3.8, 4) is 28.7 Å². The number of hydrogen-bond acceptors (Lipinski definition) is 23. The SMILES string of the molecule is COc1ccc(CN(c2nccs2)S(=O)(=O)c2ccc3c(c2)OCCN3)cc1.COc1ccc(CN(c2nccs2)S(=O)(=O)c2ccc3c(c2)OCCN3c2ccccc2C(N)=O)cc1.NC(=O)c1ccccc1F.NC(=O)c1ccccc1N1CCOc2cc(S(=O)(=O)Nc3nccs3)ccc21. The number of fused-ring (bicyclic) bond motifs is 3. The zero-order valence-electron chi connectivity index (χ0n) is 54.8. The lowest BCUT2D eigenvalue weighted by Crippen LogP contribution is -2.32. The van der Waals surface area contributed by atoms with E-state index in [1.165, 1.54) is 91.3 Å². The van der Waals surface area contributed by atoms with Gasteiger partial charge in [0.2, 0.25) is 0 Å². The average molecular weight is 1510 g/mol. The van der Waals surface area contributed by atoms with E-state index in [4.69, 9.17) is 40.9 Å². The molecule has 0 bridgehead atoms. The number of nitrogens with one attached hydrogen (secondary N) is 2.